The fourth-order valence-corrected chi connectivity index (χ4v) is 5.65. The third kappa shape index (κ3) is 10.3. The molecule has 54 heavy (non-hydrogen) atoms. The molecule has 0 radical (unpaired) electrons. The zero-order valence-electron chi connectivity index (χ0n) is 29.1. The summed E-state index contributed by atoms with van der Waals surface area (Å²) in [6.07, 6.45) is -7.12. The van der Waals surface area contributed by atoms with E-state index in [0.717, 1.165) is 5.56 Å². The van der Waals surface area contributed by atoms with E-state index in [9.17, 15) is 19.2 Å². The molecule has 1 aliphatic heterocycles. The standard InChI is InChI=1S/C43H38O11/c44-39(31-18-8-2-9-19-31)50-29-35-36(52-40(45)32-20-10-3-11-21-32)37(53-41(46)33-22-12-4-13-23-33)38(54-42(47)34-24-14-5-15-25-34)43(51-35)49-27-26-48-28-30-16-6-1-7-17-30/h1-25,35-38,43H,26-29H2. The average Bonchev–Trinajstić information content (AvgIpc) is 3.23. The Morgan fingerprint density at radius 1 is 0.463 bits per heavy atom. The molecule has 0 aromatic heterocycles. The number of rotatable bonds is 15. The molecule has 0 bridgehead atoms. The SMILES string of the molecule is O=C(OCC1OC(OCCOCc2ccccc2)C(OC(=O)c2ccccc2)C(OC(=O)c2ccccc2)C1OC(=O)c1ccccc1)c1ccccc1. The zero-order chi connectivity index (χ0) is 37.5. The summed E-state index contributed by atoms with van der Waals surface area (Å²) in [5, 5.41) is 0. The molecule has 1 aliphatic rings. The molecule has 0 aliphatic carbocycles. The molecule has 1 heterocycles. The lowest BCUT2D eigenvalue weighted by atomic mass is 9.97. The van der Waals surface area contributed by atoms with Gasteiger partial charge < -0.3 is 33.2 Å². The number of ether oxygens (including phenoxy) is 7. The Balaban J connectivity index is 1.33. The van der Waals surface area contributed by atoms with E-state index in [1.54, 1.807) is 121 Å². The maximum Gasteiger partial charge on any atom is 0.338 e. The highest BCUT2D eigenvalue weighted by atomic mass is 16.7. The van der Waals surface area contributed by atoms with Crippen molar-refractivity contribution in [1.82, 2.24) is 0 Å². The van der Waals surface area contributed by atoms with Crippen molar-refractivity contribution in [1.29, 1.82) is 0 Å². The van der Waals surface area contributed by atoms with Gasteiger partial charge in [-0.25, -0.2) is 19.2 Å². The summed E-state index contributed by atoms with van der Waals surface area (Å²) in [5.74, 6) is -3.03. The number of hydrogen-bond acceptors (Lipinski definition) is 11. The maximum atomic E-state index is 13.7. The molecular formula is C43H38O11. The highest BCUT2D eigenvalue weighted by Crippen LogP contribution is 2.32. The molecule has 5 aromatic carbocycles. The van der Waals surface area contributed by atoms with E-state index in [1.165, 1.54) is 0 Å². The van der Waals surface area contributed by atoms with Crippen LogP contribution in [-0.2, 0) is 39.8 Å². The van der Waals surface area contributed by atoms with Crippen molar-refractivity contribution in [2.24, 2.45) is 0 Å². The Morgan fingerprint density at radius 3 is 1.35 bits per heavy atom. The Bertz CT molecular complexity index is 1940. The summed E-state index contributed by atoms with van der Waals surface area (Å²) in [6.45, 7) is -0.0670. The van der Waals surface area contributed by atoms with Crippen LogP contribution in [0.2, 0.25) is 0 Å². The summed E-state index contributed by atoms with van der Waals surface area (Å²) in [6, 6.07) is 42.4. The molecule has 0 amide bonds. The molecule has 0 saturated carbocycles. The summed E-state index contributed by atoms with van der Waals surface area (Å²) >= 11 is 0. The topological polar surface area (TPSA) is 133 Å². The van der Waals surface area contributed by atoms with E-state index in [0.29, 0.717) is 6.61 Å². The first kappa shape index (κ1) is 37.6. The number of benzene rings is 5. The second-order valence-electron chi connectivity index (χ2n) is 12.1. The summed E-state index contributed by atoms with van der Waals surface area (Å²) < 4.78 is 42.1. The van der Waals surface area contributed by atoms with Crippen LogP contribution in [0.25, 0.3) is 0 Å². The first-order chi connectivity index (χ1) is 26.5. The Labute approximate surface area is 312 Å². The van der Waals surface area contributed by atoms with Crippen LogP contribution in [0.5, 0.6) is 0 Å². The molecular weight excluding hydrogens is 692 g/mol. The van der Waals surface area contributed by atoms with Crippen LogP contribution < -0.4 is 0 Å². The van der Waals surface area contributed by atoms with Crippen molar-refractivity contribution in [3.63, 3.8) is 0 Å². The van der Waals surface area contributed by atoms with Gasteiger partial charge >= 0.3 is 23.9 Å². The van der Waals surface area contributed by atoms with E-state index >= 15 is 0 Å². The van der Waals surface area contributed by atoms with Gasteiger partial charge in [0.05, 0.1) is 42.1 Å². The van der Waals surface area contributed by atoms with Crippen molar-refractivity contribution in [2.75, 3.05) is 19.8 Å². The van der Waals surface area contributed by atoms with Crippen molar-refractivity contribution in [2.45, 2.75) is 37.3 Å². The van der Waals surface area contributed by atoms with E-state index in [-0.39, 0.29) is 35.5 Å². The van der Waals surface area contributed by atoms with Crippen LogP contribution in [0.1, 0.15) is 47.0 Å². The second kappa shape index (κ2) is 19.1. The monoisotopic (exact) mass is 730 g/mol. The van der Waals surface area contributed by atoms with Crippen molar-refractivity contribution in [3.8, 4) is 0 Å². The smallest absolute Gasteiger partial charge is 0.338 e. The van der Waals surface area contributed by atoms with Crippen molar-refractivity contribution < 1.29 is 52.3 Å². The number of hydrogen-bond donors (Lipinski definition) is 0. The van der Waals surface area contributed by atoms with E-state index in [1.807, 2.05) is 30.3 Å². The quantitative estimate of drug-likeness (QED) is 0.0666. The van der Waals surface area contributed by atoms with Crippen LogP contribution >= 0.6 is 0 Å². The Hall–Kier alpha value is -6.14. The van der Waals surface area contributed by atoms with Gasteiger partial charge in [-0.3, -0.25) is 0 Å². The van der Waals surface area contributed by atoms with Gasteiger partial charge in [-0.1, -0.05) is 103 Å². The normalized spacial score (nSPS) is 19.2. The lowest BCUT2D eigenvalue weighted by Gasteiger charge is -2.44. The molecule has 1 fully saturated rings. The van der Waals surface area contributed by atoms with Gasteiger partial charge in [0, 0.05) is 0 Å². The van der Waals surface area contributed by atoms with Crippen LogP contribution in [0, 0.1) is 0 Å². The Kier molecular flexibility index (Phi) is 13.3. The summed E-state index contributed by atoms with van der Waals surface area (Å²) in [5.41, 5.74) is 1.81. The number of carbonyl (C=O) groups is 4. The molecule has 5 aromatic rings. The fraction of sp³-hybridized carbons (Fsp3) is 0.209. The van der Waals surface area contributed by atoms with Gasteiger partial charge in [-0.05, 0) is 54.1 Å². The predicted octanol–water partition coefficient (Wildman–Crippen LogP) is 6.48. The van der Waals surface area contributed by atoms with Gasteiger partial charge in [0.2, 0.25) is 0 Å². The van der Waals surface area contributed by atoms with Crippen LogP contribution in [0.3, 0.4) is 0 Å². The lowest BCUT2D eigenvalue weighted by molar-refractivity contribution is -0.300. The molecule has 1 saturated heterocycles. The average molecular weight is 731 g/mol. The third-order valence-corrected chi connectivity index (χ3v) is 8.36. The van der Waals surface area contributed by atoms with Crippen LogP contribution in [0.15, 0.2) is 152 Å². The lowest BCUT2D eigenvalue weighted by Crippen LogP contribution is -2.63. The van der Waals surface area contributed by atoms with Gasteiger partial charge in [-0.2, -0.15) is 0 Å². The minimum atomic E-state index is -1.51. The van der Waals surface area contributed by atoms with Gasteiger partial charge in [0.15, 0.2) is 24.6 Å². The molecule has 6 rings (SSSR count). The first-order valence-corrected chi connectivity index (χ1v) is 17.4. The van der Waals surface area contributed by atoms with E-state index in [4.69, 9.17) is 33.2 Å². The van der Waals surface area contributed by atoms with Crippen LogP contribution in [-0.4, -0.2) is 74.4 Å². The molecule has 5 unspecified atom stereocenters. The molecule has 0 spiro atoms. The largest absolute Gasteiger partial charge is 0.459 e. The summed E-state index contributed by atoms with van der Waals surface area (Å²) in [7, 11) is 0. The predicted molar refractivity (Wildman–Crippen MR) is 194 cm³/mol. The highest BCUT2D eigenvalue weighted by molar-refractivity contribution is 5.91. The minimum absolute atomic E-state index is 0.0404. The minimum Gasteiger partial charge on any atom is -0.459 e. The number of carbonyl (C=O) groups excluding carboxylic acids is 4. The molecule has 5 atom stereocenters. The second-order valence-corrected chi connectivity index (χ2v) is 12.1. The molecule has 11 nitrogen and oxygen atoms in total. The van der Waals surface area contributed by atoms with E-state index in [2.05, 4.69) is 0 Å². The fourth-order valence-electron chi connectivity index (χ4n) is 5.65. The van der Waals surface area contributed by atoms with Crippen molar-refractivity contribution >= 4 is 23.9 Å². The first-order valence-electron chi connectivity index (χ1n) is 17.4. The molecule has 0 N–H and O–H groups in total. The maximum absolute atomic E-state index is 13.7. The van der Waals surface area contributed by atoms with E-state index < -0.39 is 61.2 Å². The van der Waals surface area contributed by atoms with Gasteiger partial charge in [-0.15, -0.1) is 0 Å². The number of esters is 4. The summed E-state index contributed by atoms with van der Waals surface area (Å²) in [4.78, 5) is 54.1. The van der Waals surface area contributed by atoms with Crippen molar-refractivity contribution in [3.05, 3.63) is 179 Å². The van der Waals surface area contributed by atoms with Gasteiger partial charge in [0.25, 0.3) is 0 Å². The zero-order valence-corrected chi connectivity index (χ0v) is 29.1. The van der Waals surface area contributed by atoms with Crippen LogP contribution in [0.4, 0.5) is 0 Å². The molecule has 276 valence electrons. The highest BCUT2D eigenvalue weighted by Gasteiger charge is 2.53. The Morgan fingerprint density at radius 2 is 0.870 bits per heavy atom. The van der Waals surface area contributed by atoms with Gasteiger partial charge in [0.1, 0.15) is 12.7 Å². The molecule has 11 heteroatoms. The third-order valence-electron chi connectivity index (χ3n) is 8.36.